The Morgan fingerprint density at radius 3 is 2.54 bits per heavy atom. The number of H-pyrrole nitrogens is 1. The van der Waals surface area contributed by atoms with Crippen molar-refractivity contribution in [1.29, 1.82) is 0 Å². The lowest BCUT2D eigenvalue weighted by atomic mass is 9.94. The van der Waals surface area contributed by atoms with Crippen LogP contribution < -0.4 is 5.32 Å². The van der Waals surface area contributed by atoms with Crippen LogP contribution in [-0.2, 0) is 4.79 Å². The number of hydrogen-bond acceptors (Lipinski definition) is 2. The van der Waals surface area contributed by atoms with Crippen molar-refractivity contribution in [2.45, 2.75) is 32.6 Å². The molecule has 1 aromatic heterocycles. The Bertz CT molecular complexity index is 725. The Kier molecular flexibility index (Phi) is 5.81. The molecule has 0 unspecified atom stereocenters. The molecule has 3 amide bonds. The molecule has 0 atom stereocenters. The number of hydrogen-bond donors (Lipinski definition) is 2. The summed E-state index contributed by atoms with van der Waals surface area (Å²) in [6.07, 6.45) is 1.87. The molecule has 1 saturated heterocycles. The maximum atomic E-state index is 12.3. The number of nitrogens with one attached hydrogen (secondary N) is 2. The van der Waals surface area contributed by atoms with Gasteiger partial charge in [0, 0.05) is 43.3 Å². The number of carbonyl (C=O) groups excluding carboxylic acids is 2. The molecule has 1 aromatic carbocycles. The molecule has 3 rings (SSSR count). The van der Waals surface area contributed by atoms with Crippen molar-refractivity contribution in [3.05, 3.63) is 36.0 Å². The van der Waals surface area contributed by atoms with Crippen LogP contribution in [0.3, 0.4) is 0 Å². The fourth-order valence-electron chi connectivity index (χ4n) is 3.66. The molecule has 1 fully saturated rings. The third-order valence-electron chi connectivity index (χ3n) is 5.28. The average Bonchev–Trinajstić information content (AvgIpc) is 3.11. The van der Waals surface area contributed by atoms with Gasteiger partial charge in [-0.3, -0.25) is 4.79 Å². The van der Waals surface area contributed by atoms with Gasteiger partial charge in [0.25, 0.3) is 0 Å². The van der Waals surface area contributed by atoms with E-state index in [2.05, 4.69) is 28.5 Å². The van der Waals surface area contributed by atoms with E-state index >= 15 is 0 Å². The lowest BCUT2D eigenvalue weighted by molar-refractivity contribution is -0.129. The van der Waals surface area contributed by atoms with Gasteiger partial charge in [-0.1, -0.05) is 18.2 Å². The van der Waals surface area contributed by atoms with Crippen LogP contribution in [0.4, 0.5) is 4.79 Å². The molecule has 26 heavy (non-hydrogen) atoms. The Morgan fingerprint density at radius 2 is 1.88 bits per heavy atom. The first-order chi connectivity index (χ1) is 12.6. The minimum Gasteiger partial charge on any atom is -0.358 e. The summed E-state index contributed by atoms with van der Waals surface area (Å²) in [6, 6.07) is 10.4. The number of amides is 3. The number of rotatable bonds is 5. The highest BCUT2D eigenvalue weighted by Gasteiger charge is 2.25. The van der Waals surface area contributed by atoms with Crippen LogP contribution in [0.2, 0.25) is 0 Å². The van der Waals surface area contributed by atoms with Crippen LogP contribution in [0.25, 0.3) is 10.9 Å². The molecular weight excluding hydrogens is 328 g/mol. The minimum atomic E-state index is -0.138. The lowest BCUT2D eigenvalue weighted by Gasteiger charge is -2.31. The Hall–Kier alpha value is -2.50. The molecule has 2 N–H and O–H groups in total. The molecule has 6 heteroatoms. The van der Waals surface area contributed by atoms with Gasteiger partial charge in [-0.25, -0.2) is 4.79 Å². The van der Waals surface area contributed by atoms with Crippen molar-refractivity contribution in [2.75, 3.05) is 32.7 Å². The fraction of sp³-hybridized carbons (Fsp3) is 0.500. The molecule has 1 aliphatic rings. The molecule has 2 heterocycles. The van der Waals surface area contributed by atoms with Gasteiger partial charge in [-0.05, 0) is 44.2 Å². The standard InChI is InChI=1S/C20H28N4O2/c1-3-23(4-2)19(25)14-21-20(26)24-11-9-15(10-12-24)18-13-16-7-5-6-8-17(16)22-18/h5-8,13,15,22H,3-4,9-12,14H2,1-2H3,(H,21,26). The van der Waals surface area contributed by atoms with Gasteiger partial charge in [-0.15, -0.1) is 0 Å². The van der Waals surface area contributed by atoms with Crippen molar-refractivity contribution < 1.29 is 9.59 Å². The van der Waals surface area contributed by atoms with Crippen molar-refractivity contribution in [3.63, 3.8) is 0 Å². The highest BCUT2D eigenvalue weighted by atomic mass is 16.2. The molecule has 0 bridgehead atoms. The number of carbonyl (C=O) groups is 2. The highest BCUT2D eigenvalue weighted by molar-refractivity contribution is 5.84. The zero-order valence-corrected chi connectivity index (χ0v) is 15.6. The molecule has 1 aliphatic heterocycles. The van der Waals surface area contributed by atoms with E-state index in [9.17, 15) is 9.59 Å². The summed E-state index contributed by atoms with van der Waals surface area (Å²) in [4.78, 5) is 31.4. The first kappa shape index (κ1) is 18.3. The summed E-state index contributed by atoms with van der Waals surface area (Å²) in [5.74, 6) is 0.417. The van der Waals surface area contributed by atoms with Gasteiger partial charge >= 0.3 is 6.03 Å². The second-order valence-corrected chi connectivity index (χ2v) is 6.80. The first-order valence-corrected chi connectivity index (χ1v) is 9.50. The third-order valence-corrected chi connectivity index (χ3v) is 5.28. The van der Waals surface area contributed by atoms with Gasteiger partial charge < -0.3 is 20.1 Å². The molecular formula is C20H28N4O2. The van der Waals surface area contributed by atoms with E-state index in [0.717, 1.165) is 18.4 Å². The van der Waals surface area contributed by atoms with Gasteiger partial charge in [0.1, 0.15) is 0 Å². The summed E-state index contributed by atoms with van der Waals surface area (Å²) >= 11 is 0. The zero-order valence-electron chi connectivity index (χ0n) is 15.6. The van der Waals surface area contributed by atoms with Gasteiger partial charge in [0.15, 0.2) is 0 Å². The maximum Gasteiger partial charge on any atom is 0.317 e. The summed E-state index contributed by atoms with van der Waals surface area (Å²) in [7, 11) is 0. The van der Waals surface area contributed by atoms with Crippen molar-refractivity contribution in [1.82, 2.24) is 20.1 Å². The maximum absolute atomic E-state index is 12.3. The van der Waals surface area contributed by atoms with E-state index in [1.54, 1.807) is 4.90 Å². The van der Waals surface area contributed by atoms with E-state index in [-0.39, 0.29) is 18.5 Å². The second-order valence-electron chi connectivity index (χ2n) is 6.80. The van der Waals surface area contributed by atoms with E-state index in [1.165, 1.54) is 11.1 Å². The van der Waals surface area contributed by atoms with E-state index in [1.807, 2.05) is 30.9 Å². The predicted octanol–water partition coefficient (Wildman–Crippen LogP) is 2.93. The average molecular weight is 356 g/mol. The summed E-state index contributed by atoms with van der Waals surface area (Å²) in [5.41, 5.74) is 2.42. The van der Waals surface area contributed by atoms with Gasteiger partial charge in [0.05, 0.1) is 6.54 Å². The minimum absolute atomic E-state index is 0.0312. The first-order valence-electron chi connectivity index (χ1n) is 9.50. The second kappa shape index (κ2) is 8.25. The Labute approximate surface area is 154 Å². The summed E-state index contributed by atoms with van der Waals surface area (Å²) < 4.78 is 0. The number of para-hydroxylation sites is 1. The number of nitrogens with zero attached hydrogens (tertiary/aromatic N) is 2. The number of benzene rings is 1. The number of likely N-dealkylation sites (tertiary alicyclic amines) is 1. The Morgan fingerprint density at radius 1 is 1.19 bits per heavy atom. The largest absolute Gasteiger partial charge is 0.358 e. The molecule has 0 radical (unpaired) electrons. The Balaban J connectivity index is 1.50. The predicted molar refractivity (Wildman–Crippen MR) is 103 cm³/mol. The smallest absolute Gasteiger partial charge is 0.317 e. The van der Waals surface area contributed by atoms with E-state index < -0.39 is 0 Å². The third kappa shape index (κ3) is 4.00. The molecule has 0 saturated carbocycles. The van der Waals surface area contributed by atoms with Crippen LogP contribution in [0.15, 0.2) is 30.3 Å². The number of aromatic nitrogens is 1. The topological polar surface area (TPSA) is 68.4 Å². The van der Waals surface area contributed by atoms with Crippen LogP contribution in [0, 0.1) is 0 Å². The number of piperidine rings is 1. The quantitative estimate of drug-likeness (QED) is 0.865. The normalized spacial score (nSPS) is 15.2. The SMILES string of the molecule is CCN(CC)C(=O)CNC(=O)N1CCC(c2cc3ccccc3[nH]2)CC1. The fourth-order valence-corrected chi connectivity index (χ4v) is 3.66. The molecule has 0 aliphatic carbocycles. The number of likely N-dealkylation sites (N-methyl/N-ethyl adjacent to an activating group) is 1. The molecule has 140 valence electrons. The van der Waals surface area contributed by atoms with Crippen LogP contribution in [-0.4, -0.2) is 59.4 Å². The number of urea groups is 1. The highest BCUT2D eigenvalue weighted by Crippen LogP contribution is 2.29. The lowest BCUT2D eigenvalue weighted by Crippen LogP contribution is -2.47. The van der Waals surface area contributed by atoms with E-state index in [0.29, 0.717) is 32.1 Å². The molecule has 2 aromatic rings. The van der Waals surface area contributed by atoms with Crippen LogP contribution in [0.5, 0.6) is 0 Å². The number of fused-ring (bicyclic) bond motifs is 1. The van der Waals surface area contributed by atoms with Crippen molar-refractivity contribution >= 4 is 22.8 Å². The van der Waals surface area contributed by atoms with Crippen LogP contribution >= 0.6 is 0 Å². The van der Waals surface area contributed by atoms with Crippen molar-refractivity contribution in [3.8, 4) is 0 Å². The summed E-state index contributed by atoms with van der Waals surface area (Å²) in [5, 5.41) is 4.00. The number of aromatic amines is 1. The van der Waals surface area contributed by atoms with Crippen molar-refractivity contribution in [2.24, 2.45) is 0 Å². The molecule has 0 spiro atoms. The summed E-state index contributed by atoms with van der Waals surface area (Å²) in [6.45, 7) is 6.72. The van der Waals surface area contributed by atoms with E-state index in [4.69, 9.17) is 0 Å². The van der Waals surface area contributed by atoms with Gasteiger partial charge in [0.2, 0.25) is 5.91 Å². The van der Waals surface area contributed by atoms with Gasteiger partial charge in [-0.2, -0.15) is 0 Å². The molecule has 6 nitrogen and oxygen atoms in total. The monoisotopic (exact) mass is 356 g/mol. The van der Waals surface area contributed by atoms with Crippen LogP contribution in [0.1, 0.15) is 38.3 Å². The zero-order chi connectivity index (χ0) is 18.5.